The van der Waals surface area contributed by atoms with E-state index >= 15 is 0 Å². The van der Waals surface area contributed by atoms with Crippen LogP contribution in [0.25, 0.3) is 0 Å². The van der Waals surface area contributed by atoms with Crippen LogP contribution in [-0.2, 0) is 28.6 Å². The van der Waals surface area contributed by atoms with Gasteiger partial charge in [0, 0.05) is 19.3 Å². The van der Waals surface area contributed by atoms with E-state index in [9.17, 15) is 14.4 Å². The van der Waals surface area contributed by atoms with Crippen molar-refractivity contribution in [1.82, 2.24) is 0 Å². The third-order valence-electron chi connectivity index (χ3n) is 15.6. The van der Waals surface area contributed by atoms with Gasteiger partial charge in [-0.1, -0.05) is 343 Å². The van der Waals surface area contributed by atoms with Crippen molar-refractivity contribution >= 4 is 17.9 Å². The van der Waals surface area contributed by atoms with Crippen LogP contribution >= 0.6 is 0 Å². The minimum Gasteiger partial charge on any atom is -0.462 e. The van der Waals surface area contributed by atoms with Crippen LogP contribution in [0.15, 0.2) is 85.1 Å². The largest absolute Gasteiger partial charge is 0.462 e. The predicted molar refractivity (Wildman–Crippen MR) is 358 cm³/mol. The van der Waals surface area contributed by atoms with Crippen LogP contribution in [-0.4, -0.2) is 37.2 Å². The zero-order valence-corrected chi connectivity index (χ0v) is 54.5. The molecule has 1 atom stereocenters. The Morgan fingerprint density at radius 2 is 0.500 bits per heavy atom. The van der Waals surface area contributed by atoms with E-state index in [4.69, 9.17) is 14.2 Å². The Morgan fingerprint density at radius 3 is 0.793 bits per heavy atom. The summed E-state index contributed by atoms with van der Waals surface area (Å²) < 4.78 is 16.9. The summed E-state index contributed by atoms with van der Waals surface area (Å²) in [6.45, 7) is 6.50. The maximum atomic E-state index is 12.9. The van der Waals surface area contributed by atoms with Crippen LogP contribution < -0.4 is 0 Å². The average Bonchev–Trinajstić information content (AvgIpc) is 3.47. The lowest BCUT2D eigenvalue weighted by Crippen LogP contribution is -2.30. The van der Waals surface area contributed by atoms with Gasteiger partial charge in [0.1, 0.15) is 13.2 Å². The second-order valence-electron chi connectivity index (χ2n) is 23.8. The summed E-state index contributed by atoms with van der Waals surface area (Å²) in [5.41, 5.74) is 0. The Balaban J connectivity index is 4.19. The molecule has 0 heterocycles. The molecule has 0 aromatic carbocycles. The van der Waals surface area contributed by atoms with Crippen molar-refractivity contribution in [3.63, 3.8) is 0 Å². The van der Waals surface area contributed by atoms with E-state index in [2.05, 4.69) is 99.8 Å². The summed E-state index contributed by atoms with van der Waals surface area (Å²) in [5.74, 6) is -0.971. The number of esters is 3. The van der Waals surface area contributed by atoms with E-state index < -0.39 is 6.10 Å². The quantitative estimate of drug-likeness (QED) is 0.0261. The molecule has 0 radical (unpaired) electrons. The van der Waals surface area contributed by atoms with Crippen LogP contribution in [0.4, 0.5) is 0 Å². The number of carbonyl (C=O) groups excluding carboxylic acids is 3. The van der Waals surface area contributed by atoms with Crippen LogP contribution in [0, 0.1) is 0 Å². The maximum Gasteiger partial charge on any atom is 0.306 e. The first-order chi connectivity index (χ1) is 40.5. The van der Waals surface area contributed by atoms with Gasteiger partial charge in [0.2, 0.25) is 0 Å². The monoisotopic (exact) mass is 1140 g/mol. The van der Waals surface area contributed by atoms with Gasteiger partial charge < -0.3 is 14.2 Å². The molecular formula is C76H134O6. The highest BCUT2D eigenvalue weighted by Crippen LogP contribution is 2.18. The molecule has 0 saturated heterocycles. The van der Waals surface area contributed by atoms with Gasteiger partial charge >= 0.3 is 17.9 Å². The van der Waals surface area contributed by atoms with E-state index in [0.29, 0.717) is 19.3 Å². The molecule has 0 bridgehead atoms. The summed E-state index contributed by atoms with van der Waals surface area (Å²) in [6.07, 6.45) is 93.6. The van der Waals surface area contributed by atoms with Crippen molar-refractivity contribution in [2.75, 3.05) is 13.2 Å². The fourth-order valence-corrected chi connectivity index (χ4v) is 10.4. The highest BCUT2D eigenvalue weighted by Gasteiger charge is 2.19. The smallest absolute Gasteiger partial charge is 0.306 e. The number of ether oxygens (including phenoxy) is 3. The van der Waals surface area contributed by atoms with Crippen molar-refractivity contribution in [1.29, 1.82) is 0 Å². The van der Waals surface area contributed by atoms with Crippen molar-refractivity contribution in [3.8, 4) is 0 Å². The van der Waals surface area contributed by atoms with E-state index in [1.54, 1.807) is 0 Å². The summed E-state index contributed by atoms with van der Waals surface area (Å²) in [4.78, 5) is 38.3. The lowest BCUT2D eigenvalue weighted by atomic mass is 10.0. The highest BCUT2D eigenvalue weighted by molar-refractivity contribution is 5.71. The van der Waals surface area contributed by atoms with E-state index in [1.807, 2.05) is 6.08 Å². The molecule has 0 aromatic heterocycles. The normalized spacial score (nSPS) is 12.6. The first kappa shape index (κ1) is 78.6. The molecule has 0 rings (SSSR count). The van der Waals surface area contributed by atoms with Crippen LogP contribution in [0.5, 0.6) is 0 Å². The SMILES string of the molecule is CC/C=C\C/C=C\C/C=C\C/C=C\C/C=C\C/C=C\CCC(=O)OC(COC(=O)CCCCCCCCCCCCCC)COC(=O)CCCCCCCCCCCCCCCCCCCCCCC/C=C\CCCCCCCCCC. The third kappa shape index (κ3) is 67.4. The molecule has 82 heavy (non-hydrogen) atoms. The van der Waals surface area contributed by atoms with Crippen molar-refractivity contribution in [3.05, 3.63) is 85.1 Å². The summed E-state index contributed by atoms with van der Waals surface area (Å²) in [6, 6.07) is 0. The maximum absolute atomic E-state index is 12.9. The Labute approximate surface area is 509 Å². The number of unbranched alkanes of at least 4 members (excludes halogenated alkanes) is 40. The Kier molecular flexibility index (Phi) is 67.2. The van der Waals surface area contributed by atoms with Gasteiger partial charge in [0.05, 0.1) is 0 Å². The molecule has 0 saturated carbocycles. The molecule has 0 aromatic rings. The van der Waals surface area contributed by atoms with Gasteiger partial charge in [-0.2, -0.15) is 0 Å². The van der Waals surface area contributed by atoms with Crippen LogP contribution in [0.2, 0.25) is 0 Å². The van der Waals surface area contributed by atoms with E-state index in [0.717, 1.165) is 77.0 Å². The Bertz CT molecular complexity index is 1550. The van der Waals surface area contributed by atoms with E-state index in [-0.39, 0.29) is 37.5 Å². The standard InChI is InChI=1S/C76H134O6/c1-4-7-10-13-16-19-22-25-27-29-31-32-33-34-35-36-37-38-39-40-41-42-43-44-46-47-49-51-54-57-60-63-66-69-75(78)81-72-73(71-80-74(77)68-65-62-59-56-53-24-21-18-15-12-9-6-3)82-76(79)70-67-64-61-58-55-52-50-48-45-30-28-26-23-20-17-14-11-8-5-2/h8,11,17,20,26,28-29,31,45,48,52,55,61,64,73H,4-7,9-10,12-16,18-19,21-25,27,30,32-44,46-47,49-51,53-54,56-60,62-63,65-72H2,1-3H3/b11-8-,20-17-,28-26-,31-29-,48-45-,55-52-,64-61-. The second kappa shape index (κ2) is 70.1. The minimum atomic E-state index is -0.815. The Hall–Kier alpha value is -3.41. The van der Waals surface area contributed by atoms with Crippen molar-refractivity contribution in [2.24, 2.45) is 0 Å². The number of allylic oxidation sites excluding steroid dienone is 14. The lowest BCUT2D eigenvalue weighted by Gasteiger charge is -2.18. The molecule has 0 fully saturated rings. The topological polar surface area (TPSA) is 78.9 Å². The zero-order valence-electron chi connectivity index (χ0n) is 54.5. The van der Waals surface area contributed by atoms with Crippen molar-refractivity contribution < 1.29 is 28.6 Å². The van der Waals surface area contributed by atoms with Gasteiger partial charge in [-0.25, -0.2) is 0 Å². The molecule has 474 valence electrons. The molecule has 6 heteroatoms. The fourth-order valence-electron chi connectivity index (χ4n) is 10.4. The van der Waals surface area contributed by atoms with Gasteiger partial charge in [0.25, 0.3) is 0 Å². The van der Waals surface area contributed by atoms with Gasteiger partial charge in [0.15, 0.2) is 6.10 Å². The number of rotatable bonds is 65. The van der Waals surface area contributed by atoms with Crippen LogP contribution in [0.3, 0.4) is 0 Å². The highest BCUT2D eigenvalue weighted by atomic mass is 16.6. The second-order valence-corrected chi connectivity index (χ2v) is 23.8. The molecular weight excluding hydrogens is 1010 g/mol. The lowest BCUT2D eigenvalue weighted by molar-refractivity contribution is -0.166. The molecule has 0 aliphatic heterocycles. The molecule has 0 N–H and O–H groups in total. The van der Waals surface area contributed by atoms with E-state index in [1.165, 1.54) is 238 Å². The number of carbonyl (C=O) groups is 3. The fraction of sp³-hybridized carbons (Fsp3) is 0.776. The predicted octanol–water partition coefficient (Wildman–Crippen LogP) is 24.6. The Morgan fingerprint density at radius 1 is 0.256 bits per heavy atom. The molecule has 0 aliphatic carbocycles. The molecule has 6 nitrogen and oxygen atoms in total. The van der Waals surface area contributed by atoms with Gasteiger partial charge in [-0.05, 0) is 83.5 Å². The number of hydrogen-bond acceptors (Lipinski definition) is 6. The molecule has 0 aliphatic rings. The van der Waals surface area contributed by atoms with Gasteiger partial charge in [-0.3, -0.25) is 14.4 Å². The van der Waals surface area contributed by atoms with Crippen molar-refractivity contribution in [2.45, 2.75) is 367 Å². The third-order valence-corrected chi connectivity index (χ3v) is 15.6. The summed E-state index contributed by atoms with van der Waals surface area (Å²) in [7, 11) is 0. The van der Waals surface area contributed by atoms with Crippen LogP contribution in [0.1, 0.15) is 361 Å². The molecule has 0 spiro atoms. The zero-order chi connectivity index (χ0) is 59.2. The average molecular weight is 1140 g/mol. The summed E-state index contributed by atoms with van der Waals surface area (Å²) >= 11 is 0. The first-order valence-corrected chi connectivity index (χ1v) is 35.6. The molecule has 1 unspecified atom stereocenters. The molecule has 0 amide bonds. The summed E-state index contributed by atoms with van der Waals surface area (Å²) in [5, 5.41) is 0. The van der Waals surface area contributed by atoms with Gasteiger partial charge in [-0.15, -0.1) is 0 Å². The minimum absolute atomic E-state index is 0.102. The number of hydrogen-bond donors (Lipinski definition) is 0. The first-order valence-electron chi connectivity index (χ1n) is 35.6.